The molecule has 0 spiro atoms. The van der Waals surface area contributed by atoms with Gasteiger partial charge < -0.3 is 9.38 Å². The van der Waals surface area contributed by atoms with Gasteiger partial charge in [0.15, 0.2) is 0 Å². The molecule has 1 N–H and O–H groups in total. The summed E-state index contributed by atoms with van der Waals surface area (Å²) in [4.78, 5) is 1.59. The number of unbranched alkanes of at least 4 members (excludes halogenated alkanes) is 7. The van der Waals surface area contributed by atoms with Crippen molar-refractivity contribution >= 4 is 0 Å². The first-order valence-electron chi connectivity index (χ1n) is 7.51. The van der Waals surface area contributed by atoms with Crippen LogP contribution in [0, 0.1) is 0 Å². The van der Waals surface area contributed by atoms with Crippen molar-refractivity contribution in [1.82, 2.24) is 0 Å². The van der Waals surface area contributed by atoms with Crippen LogP contribution in [-0.4, -0.2) is 52.8 Å². The van der Waals surface area contributed by atoms with Gasteiger partial charge in [0.1, 0.15) is 0 Å². The first-order valence-corrected chi connectivity index (χ1v) is 7.51. The van der Waals surface area contributed by atoms with E-state index in [0.717, 1.165) is 4.48 Å². The zero-order valence-electron chi connectivity index (χ0n) is 13.0. The van der Waals surface area contributed by atoms with E-state index < -0.39 is 0 Å². The Labute approximate surface area is 110 Å². The lowest BCUT2D eigenvalue weighted by molar-refractivity contribution is -0.870. The summed E-state index contributed by atoms with van der Waals surface area (Å²) in [6, 6.07) is 0. The first-order chi connectivity index (χ1) is 7.92. The van der Waals surface area contributed by atoms with E-state index in [2.05, 4.69) is 35.2 Å². The predicted octanol–water partition coefficient (Wildman–Crippen LogP) is 1.96. The molecule has 104 valence electrons. The van der Waals surface area contributed by atoms with Gasteiger partial charge in [0.25, 0.3) is 0 Å². The highest BCUT2D eigenvalue weighted by Crippen LogP contribution is 2.09. The number of rotatable bonds is 11. The number of hydrogen-bond acceptors (Lipinski definition) is 0. The van der Waals surface area contributed by atoms with Crippen LogP contribution >= 0.6 is 0 Å². The third-order valence-electron chi connectivity index (χ3n) is 3.26. The van der Waals surface area contributed by atoms with E-state index in [1.807, 2.05) is 0 Å². The molecule has 0 bridgehead atoms. The smallest absolute Gasteiger partial charge is 0.0780 e. The number of nitrogens with zero attached hydrogens (tertiary/aromatic N) is 1. The largest absolute Gasteiger partial charge is 0.340 e. The van der Waals surface area contributed by atoms with Gasteiger partial charge in [-0.3, -0.25) is 0 Å². The van der Waals surface area contributed by atoms with E-state index in [-0.39, 0.29) is 0 Å². The molecule has 0 rings (SSSR count). The van der Waals surface area contributed by atoms with Crippen molar-refractivity contribution in [2.24, 2.45) is 0 Å². The minimum absolute atomic E-state index is 1.12. The quantitative estimate of drug-likeness (QED) is 0.419. The topological polar surface area (TPSA) is 4.44 Å². The average Bonchev–Trinajstić information content (AvgIpc) is 2.18. The molecule has 0 radical (unpaired) electrons. The zero-order valence-corrected chi connectivity index (χ0v) is 13.0. The second-order valence-electron chi connectivity index (χ2n) is 6.80. The normalized spacial score (nSPS) is 12.4. The van der Waals surface area contributed by atoms with Gasteiger partial charge in [0.05, 0.1) is 48.3 Å². The maximum atomic E-state index is 2.28. The van der Waals surface area contributed by atoms with Crippen molar-refractivity contribution < 1.29 is 9.38 Å². The monoisotopic (exact) mass is 244 g/mol. The van der Waals surface area contributed by atoms with Gasteiger partial charge in [-0.25, -0.2) is 0 Å². The van der Waals surface area contributed by atoms with Gasteiger partial charge in [-0.1, -0.05) is 25.7 Å². The number of nitrogens with one attached hydrogen (secondary N) is 1. The Morgan fingerprint density at radius 1 is 0.647 bits per heavy atom. The Kier molecular flexibility index (Phi) is 9.85. The molecule has 0 atom stereocenters. The molecule has 2 nitrogen and oxygen atoms in total. The van der Waals surface area contributed by atoms with Crippen molar-refractivity contribution in [3.05, 3.63) is 0 Å². The molecule has 0 heterocycles. The van der Waals surface area contributed by atoms with Crippen LogP contribution in [0.1, 0.15) is 51.4 Å². The van der Waals surface area contributed by atoms with Crippen LogP contribution in [0.3, 0.4) is 0 Å². The average molecular weight is 244 g/mol. The molecule has 0 aromatic carbocycles. The van der Waals surface area contributed by atoms with E-state index in [4.69, 9.17) is 0 Å². The third kappa shape index (κ3) is 15.9. The van der Waals surface area contributed by atoms with Gasteiger partial charge >= 0.3 is 0 Å². The minimum atomic E-state index is 1.12. The molecule has 0 fully saturated rings. The van der Waals surface area contributed by atoms with Crippen LogP contribution in [0.5, 0.6) is 0 Å². The van der Waals surface area contributed by atoms with E-state index in [1.54, 1.807) is 4.90 Å². The zero-order chi connectivity index (χ0) is 13.1. The Hall–Kier alpha value is -0.0800. The lowest BCUT2D eigenvalue weighted by Gasteiger charge is -2.23. The second-order valence-corrected chi connectivity index (χ2v) is 6.80. The molecular formula is C15H36N2+2. The van der Waals surface area contributed by atoms with Gasteiger partial charge in [-0.2, -0.15) is 0 Å². The highest BCUT2D eigenvalue weighted by Gasteiger charge is 2.04. The molecule has 0 saturated carbocycles. The van der Waals surface area contributed by atoms with Crippen LogP contribution in [0.25, 0.3) is 0 Å². The summed E-state index contributed by atoms with van der Waals surface area (Å²) in [6.07, 6.45) is 11.5. The summed E-state index contributed by atoms with van der Waals surface area (Å²) in [7, 11) is 11.3. The van der Waals surface area contributed by atoms with Crippen molar-refractivity contribution in [3.8, 4) is 0 Å². The SMILES string of the molecule is C[NH+](C)CCCCCCCCCC[N+](C)(C)C. The lowest BCUT2D eigenvalue weighted by atomic mass is 10.1. The van der Waals surface area contributed by atoms with E-state index in [0.29, 0.717) is 0 Å². The molecule has 0 saturated heterocycles. The van der Waals surface area contributed by atoms with Gasteiger partial charge in [0, 0.05) is 0 Å². The second kappa shape index (κ2) is 9.90. The van der Waals surface area contributed by atoms with Crippen molar-refractivity contribution in [2.45, 2.75) is 51.4 Å². The predicted molar refractivity (Wildman–Crippen MR) is 77.5 cm³/mol. The van der Waals surface area contributed by atoms with Crippen LogP contribution in [-0.2, 0) is 0 Å². The fraction of sp³-hybridized carbons (Fsp3) is 1.00. The highest BCUT2D eigenvalue weighted by molar-refractivity contribution is 4.46. The summed E-state index contributed by atoms with van der Waals surface area (Å²) in [5, 5.41) is 0. The van der Waals surface area contributed by atoms with Crippen molar-refractivity contribution in [1.29, 1.82) is 0 Å². The number of hydrogen-bond donors (Lipinski definition) is 1. The Morgan fingerprint density at radius 3 is 1.47 bits per heavy atom. The van der Waals surface area contributed by atoms with E-state index in [1.165, 1.54) is 64.5 Å². The molecular weight excluding hydrogens is 208 g/mol. The maximum Gasteiger partial charge on any atom is 0.0780 e. The summed E-state index contributed by atoms with van der Waals surface area (Å²) in [5.41, 5.74) is 0. The summed E-state index contributed by atoms with van der Waals surface area (Å²) in [5.74, 6) is 0. The molecule has 0 aromatic rings. The van der Waals surface area contributed by atoms with Crippen LogP contribution in [0.15, 0.2) is 0 Å². The van der Waals surface area contributed by atoms with E-state index in [9.17, 15) is 0 Å². The molecule has 2 heteroatoms. The van der Waals surface area contributed by atoms with Crippen molar-refractivity contribution in [2.75, 3.05) is 48.3 Å². The van der Waals surface area contributed by atoms with E-state index >= 15 is 0 Å². The van der Waals surface area contributed by atoms with Crippen LogP contribution in [0.4, 0.5) is 0 Å². The minimum Gasteiger partial charge on any atom is -0.340 e. The molecule has 0 amide bonds. The summed E-state index contributed by atoms with van der Waals surface area (Å²) >= 11 is 0. The molecule has 0 aromatic heterocycles. The number of quaternary nitrogens is 2. The van der Waals surface area contributed by atoms with Crippen LogP contribution in [0.2, 0.25) is 0 Å². The molecule has 0 aliphatic carbocycles. The molecule has 17 heavy (non-hydrogen) atoms. The fourth-order valence-corrected chi connectivity index (χ4v) is 2.13. The maximum absolute atomic E-state index is 2.28. The standard InChI is InChI=1S/C15H35N2/c1-16(2)14-12-10-8-6-7-9-11-13-15-17(3,4)5/h6-15H2,1-5H3/q+1/p+1. The van der Waals surface area contributed by atoms with Gasteiger partial charge in [-0.15, -0.1) is 0 Å². The molecule has 0 aliphatic rings. The summed E-state index contributed by atoms with van der Waals surface area (Å²) in [6.45, 7) is 2.66. The van der Waals surface area contributed by atoms with Gasteiger partial charge in [0.2, 0.25) is 0 Å². The fourth-order valence-electron chi connectivity index (χ4n) is 2.13. The summed E-state index contributed by atoms with van der Waals surface area (Å²) < 4.78 is 1.12. The Morgan fingerprint density at radius 2 is 1.06 bits per heavy atom. The third-order valence-corrected chi connectivity index (χ3v) is 3.26. The van der Waals surface area contributed by atoms with Crippen molar-refractivity contribution in [3.63, 3.8) is 0 Å². The first kappa shape index (κ1) is 16.9. The highest BCUT2D eigenvalue weighted by atomic mass is 15.3. The molecule has 0 unspecified atom stereocenters. The van der Waals surface area contributed by atoms with Crippen LogP contribution < -0.4 is 4.90 Å². The lowest BCUT2D eigenvalue weighted by Crippen LogP contribution is -3.05. The Bertz CT molecular complexity index is 159. The molecule has 0 aliphatic heterocycles. The Balaban J connectivity index is 3.04. The van der Waals surface area contributed by atoms with Gasteiger partial charge in [-0.05, 0) is 25.7 Å².